The van der Waals surface area contributed by atoms with Crippen molar-refractivity contribution in [2.45, 2.75) is 11.7 Å². The van der Waals surface area contributed by atoms with Crippen LogP contribution >= 0.6 is 46.0 Å². The Morgan fingerprint density at radius 3 is 2.76 bits per heavy atom. The van der Waals surface area contributed by atoms with Gasteiger partial charge in [0.15, 0.2) is 5.16 Å². The van der Waals surface area contributed by atoms with Gasteiger partial charge in [0, 0.05) is 34.4 Å². The van der Waals surface area contributed by atoms with E-state index in [0.29, 0.717) is 26.9 Å². The van der Waals surface area contributed by atoms with E-state index >= 15 is 0 Å². The van der Waals surface area contributed by atoms with Crippen LogP contribution < -0.4 is 10.9 Å². The molecule has 0 aliphatic rings. The molecule has 0 bridgehead atoms. The minimum atomic E-state index is -0.121. The van der Waals surface area contributed by atoms with E-state index in [0.717, 1.165) is 16.0 Å². The zero-order valence-corrected chi connectivity index (χ0v) is 18.6. The van der Waals surface area contributed by atoms with Gasteiger partial charge in [0.05, 0.1) is 11.1 Å². The number of hydrogen-bond acceptors (Lipinski definition) is 6. The summed E-state index contributed by atoms with van der Waals surface area (Å²) < 4.78 is 1.52. The SMILES string of the molecule is Cn1c(SCC(=O)NCc2ccc(Cl)cc2)nc2scc(-c3cccs3)c2c1=O. The zero-order chi connectivity index (χ0) is 20.4. The van der Waals surface area contributed by atoms with Crippen molar-refractivity contribution in [3.05, 3.63) is 68.1 Å². The number of aromatic nitrogens is 2. The Morgan fingerprint density at radius 2 is 2.03 bits per heavy atom. The molecule has 0 aliphatic heterocycles. The average Bonchev–Trinajstić information content (AvgIpc) is 3.38. The predicted molar refractivity (Wildman–Crippen MR) is 122 cm³/mol. The Hall–Kier alpha value is -2.13. The van der Waals surface area contributed by atoms with Crippen LogP contribution in [-0.4, -0.2) is 21.2 Å². The first-order valence-corrected chi connectivity index (χ1v) is 11.8. The number of carbonyl (C=O) groups excluding carboxylic acids is 1. The van der Waals surface area contributed by atoms with Crippen molar-refractivity contribution >= 4 is 62.2 Å². The minimum Gasteiger partial charge on any atom is -0.351 e. The number of rotatable bonds is 6. The molecule has 0 atom stereocenters. The minimum absolute atomic E-state index is 0.0938. The van der Waals surface area contributed by atoms with Gasteiger partial charge in [-0.3, -0.25) is 14.2 Å². The first-order valence-electron chi connectivity index (χ1n) is 8.69. The Labute approximate surface area is 184 Å². The van der Waals surface area contributed by atoms with Gasteiger partial charge < -0.3 is 5.32 Å². The molecule has 4 rings (SSSR count). The van der Waals surface area contributed by atoms with Gasteiger partial charge in [-0.05, 0) is 29.1 Å². The zero-order valence-electron chi connectivity index (χ0n) is 15.3. The number of hydrogen-bond donors (Lipinski definition) is 1. The molecule has 0 saturated heterocycles. The normalized spacial score (nSPS) is 11.1. The summed E-state index contributed by atoms with van der Waals surface area (Å²) in [6, 6.07) is 11.3. The molecule has 29 heavy (non-hydrogen) atoms. The molecule has 9 heteroatoms. The average molecular weight is 462 g/mol. The third-order valence-electron chi connectivity index (χ3n) is 4.30. The molecule has 0 aliphatic carbocycles. The summed E-state index contributed by atoms with van der Waals surface area (Å²) in [4.78, 5) is 31.5. The quantitative estimate of drug-likeness (QED) is 0.331. The molecule has 1 aromatic carbocycles. The molecular weight excluding hydrogens is 446 g/mol. The van der Waals surface area contributed by atoms with Crippen LogP contribution in [0, 0.1) is 0 Å². The third-order valence-corrected chi connectivity index (χ3v) is 7.35. The summed E-state index contributed by atoms with van der Waals surface area (Å²) in [6.07, 6.45) is 0. The van der Waals surface area contributed by atoms with E-state index in [2.05, 4.69) is 10.3 Å². The molecule has 0 radical (unpaired) electrons. The van der Waals surface area contributed by atoms with E-state index < -0.39 is 0 Å². The number of thioether (sulfide) groups is 1. The van der Waals surface area contributed by atoms with Gasteiger partial charge in [0.2, 0.25) is 5.91 Å². The van der Waals surface area contributed by atoms with E-state index in [9.17, 15) is 9.59 Å². The molecular formula is C20H16ClN3O2S3. The van der Waals surface area contributed by atoms with Crippen LogP contribution in [0.15, 0.2) is 57.1 Å². The number of fused-ring (bicyclic) bond motifs is 1. The molecule has 1 amide bonds. The van der Waals surface area contributed by atoms with E-state index in [1.54, 1.807) is 30.5 Å². The molecule has 1 N–H and O–H groups in total. The predicted octanol–water partition coefficient (Wildman–Crippen LogP) is 4.79. The third kappa shape index (κ3) is 4.40. The maximum absolute atomic E-state index is 12.9. The topological polar surface area (TPSA) is 64.0 Å². The van der Waals surface area contributed by atoms with Crippen LogP contribution in [0.3, 0.4) is 0 Å². The largest absolute Gasteiger partial charge is 0.351 e. The van der Waals surface area contributed by atoms with Crippen LogP contribution in [0.1, 0.15) is 5.56 Å². The van der Waals surface area contributed by atoms with Crippen molar-refractivity contribution in [3.63, 3.8) is 0 Å². The second kappa shape index (κ2) is 8.71. The Bertz CT molecular complexity index is 1210. The summed E-state index contributed by atoms with van der Waals surface area (Å²) in [7, 11) is 1.69. The van der Waals surface area contributed by atoms with Crippen LogP contribution in [0.25, 0.3) is 20.7 Å². The lowest BCUT2D eigenvalue weighted by Gasteiger charge is -2.08. The highest BCUT2D eigenvalue weighted by Gasteiger charge is 2.17. The van der Waals surface area contributed by atoms with Gasteiger partial charge in [-0.2, -0.15) is 0 Å². The van der Waals surface area contributed by atoms with Gasteiger partial charge in [-0.25, -0.2) is 4.98 Å². The summed E-state index contributed by atoms with van der Waals surface area (Å²) >= 11 is 10.2. The van der Waals surface area contributed by atoms with Crippen LogP contribution in [-0.2, 0) is 18.4 Å². The van der Waals surface area contributed by atoms with Gasteiger partial charge in [0.1, 0.15) is 4.83 Å². The van der Waals surface area contributed by atoms with Crippen LogP contribution in [0.4, 0.5) is 0 Å². The number of amides is 1. The molecule has 0 saturated carbocycles. The van der Waals surface area contributed by atoms with Crippen molar-refractivity contribution in [3.8, 4) is 10.4 Å². The summed E-state index contributed by atoms with van der Waals surface area (Å²) in [5, 5.41) is 8.66. The van der Waals surface area contributed by atoms with Crippen molar-refractivity contribution < 1.29 is 4.79 Å². The maximum Gasteiger partial charge on any atom is 0.263 e. The van der Waals surface area contributed by atoms with Crippen molar-refractivity contribution in [2.75, 3.05) is 5.75 Å². The van der Waals surface area contributed by atoms with Crippen molar-refractivity contribution in [2.24, 2.45) is 7.05 Å². The molecule has 3 aromatic heterocycles. The van der Waals surface area contributed by atoms with Crippen molar-refractivity contribution in [1.29, 1.82) is 0 Å². The molecule has 0 spiro atoms. The fourth-order valence-electron chi connectivity index (χ4n) is 2.78. The fourth-order valence-corrected chi connectivity index (χ4v) is 5.51. The fraction of sp³-hybridized carbons (Fsp3) is 0.150. The second-order valence-corrected chi connectivity index (χ2v) is 9.44. The Morgan fingerprint density at radius 1 is 1.24 bits per heavy atom. The highest BCUT2D eigenvalue weighted by atomic mass is 35.5. The number of nitrogens with one attached hydrogen (secondary N) is 1. The second-order valence-electron chi connectivity index (χ2n) is 6.26. The van der Waals surface area contributed by atoms with Gasteiger partial charge in [0.25, 0.3) is 5.56 Å². The smallest absolute Gasteiger partial charge is 0.263 e. The molecule has 0 unspecified atom stereocenters. The number of thiophene rings is 2. The monoisotopic (exact) mass is 461 g/mol. The van der Waals surface area contributed by atoms with Gasteiger partial charge in [-0.1, -0.05) is 41.6 Å². The lowest BCUT2D eigenvalue weighted by molar-refractivity contribution is -0.118. The summed E-state index contributed by atoms with van der Waals surface area (Å²) in [5.74, 6) is 0.0625. The van der Waals surface area contributed by atoms with Gasteiger partial charge >= 0.3 is 0 Å². The standard InChI is InChI=1S/C20H16ClN3O2S3/c1-24-19(26)17-14(15-3-2-8-27-15)10-28-18(17)23-20(24)29-11-16(25)22-9-12-4-6-13(21)7-5-12/h2-8,10H,9,11H2,1H3,(H,22,25). The molecule has 3 heterocycles. The van der Waals surface area contributed by atoms with E-state index in [4.69, 9.17) is 11.6 Å². The van der Waals surface area contributed by atoms with Crippen LogP contribution in [0.2, 0.25) is 5.02 Å². The molecule has 4 aromatic rings. The summed E-state index contributed by atoms with van der Waals surface area (Å²) in [6.45, 7) is 0.428. The molecule has 148 valence electrons. The van der Waals surface area contributed by atoms with E-state index in [1.807, 2.05) is 35.0 Å². The molecule has 0 fully saturated rings. The highest BCUT2D eigenvalue weighted by molar-refractivity contribution is 7.99. The number of nitrogens with zero attached hydrogens (tertiary/aromatic N) is 2. The first kappa shape index (κ1) is 20.2. The highest BCUT2D eigenvalue weighted by Crippen LogP contribution is 2.34. The maximum atomic E-state index is 12.9. The Kier molecular flexibility index (Phi) is 6.05. The van der Waals surface area contributed by atoms with E-state index in [-0.39, 0.29) is 17.2 Å². The molecule has 5 nitrogen and oxygen atoms in total. The van der Waals surface area contributed by atoms with Crippen LogP contribution in [0.5, 0.6) is 0 Å². The summed E-state index contributed by atoms with van der Waals surface area (Å²) in [5.41, 5.74) is 1.80. The van der Waals surface area contributed by atoms with Gasteiger partial charge in [-0.15, -0.1) is 22.7 Å². The Balaban J connectivity index is 1.47. The number of carbonyl (C=O) groups is 1. The lowest BCUT2D eigenvalue weighted by atomic mass is 10.2. The number of benzene rings is 1. The van der Waals surface area contributed by atoms with Crippen molar-refractivity contribution in [1.82, 2.24) is 14.9 Å². The van der Waals surface area contributed by atoms with E-state index in [1.165, 1.54) is 27.7 Å². The first-order chi connectivity index (χ1) is 14.0. The lowest BCUT2D eigenvalue weighted by Crippen LogP contribution is -2.25. The number of halogens is 1.